The second-order valence-electron chi connectivity index (χ2n) is 4.36. The number of aryl methyl sites for hydroxylation is 1. The zero-order valence-corrected chi connectivity index (χ0v) is 14.3. The molecular formula is C11H19F3IN5O. The predicted molar refractivity (Wildman–Crippen MR) is 83.5 cm³/mol. The fourth-order valence-electron chi connectivity index (χ4n) is 1.59. The van der Waals surface area contributed by atoms with Gasteiger partial charge in [0.15, 0.2) is 12.1 Å². The number of halogens is 4. The first kappa shape index (κ1) is 20.0. The third-order valence-electron chi connectivity index (χ3n) is 2.58. The van der Waals surface area contributed by atoms with Crippen molar-refractivity contribution in [2.24, 2.45) is 12.0 Å². The number of guanidine groups is 1. The van der Waals surface area contributed by atoms with Crippen LogP contribution in [0.15, 0.2) is 17.4 Å². The van der Waals surface area contributed by atoms with Gasteiger partial charge in [0.1, 0.15) is 0 Å². The number of nitrogens with zero attached hydrogens (tertiary/aromatic N) is 4. The number of hydrogen-bond donors (Lipinski definition) is 2. The maximum absolute atomic E-state index is 12.2. The molecule has 0 amide bonds. The summed E-state index contributed by atoms with van der Waals surface area (Å²) in [6, 6.07) is 0. The van der Waals surface area contributed by atoms with Crippen molar-refractivity contribution >= 4 is 29.9 Å². The van der Waals surface area contributed by atoms with Crippen molar-refractivity contribution in [2.75, 3.05) is 20.6 Å². The Bertz CT molecular complexity index is 463. The molecule has 0 radical (unpaired) electrons. The number of alkyl halides is 3. The normalized spacial score (nSPS) is 13.6. The molecule has 1 heterocycles. The Hall–Kier alpha value is -1.04. The van der Waals surface area contributed by atoms with Crippen LogP contribution in [-0.2, 0) is 13.6 Å². The van der Waals surface area contributed by atoms with E-state index in [2.05, 4.69) is 15.4 Å². The molecule has 0 aliphatic carbocycles. The smallest absolute Gasteiger partial charge is 0.382 e. The van der Waals surface area contributed by atoms with E-state index in [0.717, 1.165) is 5.56 Å². The lowest BCUT2D eigenvalue weighted by molar-refractivity contribution is -0.201. The number of aliphatic imine (C=N–C) groups is 1. The summed E-state index contributed by atoms with van der Waals surface area (Å²) in [5.41, 5.74) is 0.898. The predicted octanol–water partition coefficient (Wildman–Crippen LogP) is 0.968. The van der Waals surface area contributed by atoms with Gasteiger partial charge in [-0.25, -0.2) is 0 Å². The highest BCUT2D eigenvalue weighted by Gasteiger charge is 2.38. The molecule has 2 N–H and O–H groups in total. The van der Waals surface area contributed by atoms with Gasteiger partial charge >= 0.3 is 6.18 Å². The zero-order valence-electron chi connectivity index (χ0n) is 11.9. The minimum atomic E-state index is -4.65. The van der Waals surface area contributed by atoms with E-state index in [1.807, 2.05) is 0 Å². The van der Waals surface area contributed by atoms with Crippen molar-refractivity contribution in [3.05, 3.63) is 18.0 Å². The van der Waals surface area contributed by atoms with Gasteiger partial charge in [0.25, 0.3) is 0 Å². The summed E-state index contributed by atoms with van der Waals surface area (Å²) in [6.45, 7) is -0.205. The van der Waals surface area contributed by atoms with Crippen LogP contribution in [0.5, 0.6) is 0 Å². The van der Waals surface area contributed by atoms with E-state index in [-0.39, 0.29) is 29.9 Å². The Morgan fingerprint density at radius 1 is 1.57 bits per heavy atom. The van der Waals surface area contributed by atoms with Gasteiger partial charge in [0.05, 0.1) is 12.7 Å². The van der Waals surface area contributed by atoms with Gasteiger partial charge in [0, 0.05) is 39.4 Å². The van der Waals surface area contributed by atoms with Gasteiger partial charge in [-0.15, -0.1) is 24.0 Å². The van der Waals surface area contributed by atoms with E-state index >= 15 is 0 Å². The van der Waals surface area contributed by atoms with Crippen LogP contribution in [0.3, 0.4) is 0 Å². The Labute approximate surface area is 138 Å². The van der Waals surface area contributed by atoms with Crippen molar-refractivity contribution in [3.63, 3.8) is 0 Å². The highest BCUT2D eigenvalue weighted by Crippen LogP contribution is 2.19. The first-order valence-corrected chi connectivity index (χ1v) is 5.88. The van der Waals surface area contributed by atoms with Crippen LogP contribution in [0.1, 0.15) is 5.56 Å². The highest BCUT2D eigenvalue weighted by molar-refractivity contribution is 14.0. The van der Waals surface area contributed by atoms with Gasteiger partial charge in [-0.05, 0) is 0 Å². The molecular weight excluding hydrogens is 402 g/mol. The van der Waals surface area contributed by atoms with Crippen molar-refractivity contribution in [2.45, 2.75) is 18.8 Å². The average molecular weight is 421 g/mol. The average Bonchev–Trinajstić information content (AvgIpc) is 2.74. The lowest BCUT2D eigenvalue weighted by Crippen LogP contribution is -2.45. The summed E-state index contributed by atoms with van der Waals surface area (Å²) in [4.78, 5) is 5.51. The van der Waals surface area contributed by atoms with Crippen LogP contribution in [-0.4, -0.2) is 58.7 Å². The van der Waals surface area contributed by atoms with Crippen LogP contribution in [0.2, 0.25) is 0 Å². The van der Waals surface area contributed by atoms with Crippen LogP contribution < -0.4 is 5.32 Å². The van der Waals surface area contributed by atoms with Gasteiger partial charge in [-0.2, -0.15) is 18.3 Å². The van der Waals surface area contributed by atoms with Gasteiger partial charge < -0.3 is 15.3 Å². The third kappa shape index (κ3) is 6.50. The SMILES string of the molecule is CN=C(NCC(O)C(F)(F)F)N(C)Cc1cnn(C)c1.I. The van der Waals surface area contributed by atoms with Crippen LogP contribution in [0.4, 0.5) is 13.2 Å². The van der Waals surface area contributed by atoms with E-state index in [1.165, 1.54) is 7.05 Å². The standard InChI is InChI=1S/C11H18F3N5O.HI/c1-15-10(16-5-9(20)11(12,13)14)18(2)6-8-4-17-19(3)7-8;/h4,7,9,20H,5-6H2,1-3H3,(H,15,16);1H. The molecule has 1 aromatic heterocycles. The van der Waals surface area contributed by atoms with Crippen LogP contribution in [0.25, 0.3) is 0 Å². The molecule has 1 rings (SSSR count). The maximum atomic E-state index is 12.2. The van der Waals surface area contributed by atoms with E-state index in [9.17, 15) is 13.2 Å². The molecule has 0 saturated heterocycles. The molecule has 6 nitrogen and oxygen atoms in total. The minimum absolute atomic E-state index is 0. The lowest BCUT2D eigenvalue weighted by Gasteiger charge is -2.23. The molecule has 122 valence electrons. The fourth-order valence-corrected chi connectivity index (χ4v) is 1.59. The summed E-state index contributed by atoms with van der Waals surface area (Å²) in [7, 11) is 4.92. The lowest BCUT2D eigenvalue weighted by atomic mass is 10.3. The van der Waals surface area contributed by atoms with E-state index < -0.39 is 18.8 Å². The van der Waals surface area contributed by atoms with E-state index in [4.69, 9.17) is 5.11 Å². The molecule has 1 aromatic rings. The quantitative estimate of drug-likeness (QED) is 0.432. The molecule has 0 aliphatic heterocycles. The first-order chi connectivity index (χ1) is 9.24. The van der Waals surface area contributed by atoms with Gasteiger partial charge in [0.2, 0.25) is 0 Å². The number of aromatic nitrogens is 2. The number of aliphatic hydroxyl groups is 1. The van der Waals surface area contributed by atoms with Crippen LogP contribution >= 0.6 is 24.0 Å². The Balaban J connectivity index is 0.00000400. The Morgan fingerprint density at radius 2 is 2.19 bits per heavy atom. The van der Waals surface area contributed by atoms with Crippen molar-refractivity contribution < 1.29 is 18.3 Å². The Kier molecular flexibility index (Phi) is 8.00. The number of rotatable bonds is 4. The number of nitrogens with one attached hydrogen (secondary N) is 1. The molecule has 0 bridgehead atoms. The van der Waals surface area contributed by atoms with Crippen molar-refractivity contribution in [1.82, 2.24) is 20.0 Å². The van der Waals surface area contributed by atoms with Gasteiger partial charge in [-0.1, -0.05) is 0 Å². The summed E-state index contributed by atoms with van der Waals surface area (Å²) in [6.07, 6.45) is -3.61. The second kappa shape index (κ2) is 8.41. The fraction of sp³-hybridized carbons (Fsp3) is 0.636. The molecule has 1 atom stereocenters. The number of hydrogen-bond acceptors (Lipinski definition) is 3. The molecule has 0 aromatic carbocycles. The molecule has 0 spiro atoms. The van der Waals surface area contributed by atoms with Crippen LogP contribution in [0, 0.1) is 0 Å². The van der Waals surface area contributed by atoms with E-state index in [1.54, 1.807) is 36.1 Å². The molecule has 10 heteroatoms. The zero-order chi connectivity index (χ0) is 15.3. The highest BCUT2D eigenvalue weighted by atomic mass is 127. The molecule has 0 aliphatic rings. The van der Waals surface area contributed by atoms with Crippen molar-refractivity contribution in [1.29, 1.82) is 0 Å². The molecule has 0 fully saturated rings. The maximum Gasteiger partial charge on any atom is 0.416 e. The molecule has 0 saturated carbocycles. The molecule has 1 unspecified atom stereocenters. The molecule has 21 heavy (non-hydrogen) atoms. The second-order valence-corrected chi connectivity index (χ2v) is 4.36. The summed E-state index contributed by atoms with van der Waals surface area (Å²) < 4.78 is 38.2. The first-order valence-electron chi connectivity index (χ1n) is 5.88. The van der Waals surface area contributed by atoms with E-state index in [0.29, 0.717) is 6.54 Å². The summed E-state index contributed by atoms with van der Waals surface area (Å²) in [5, 5.41) is 15.4. The summed E-state index contributed by atoms with van der Waals surface area (Å²) >= 11 is 0. The summed E-state index contributed by atoms with van der Waals surface area (Å²) in [5.74, 6) is 0.261. The number of aliphatic hydroxyl groups excluding tert-OH is 1. The van der Waals surface area contributed by atoms with Gasteiger partial charge in [-0.3, -0.25) is 9.67 Å². The Morgan fingerprint density at radius 3 is 2.62 bits per heavy atom. The third-order valence-corrected chi connectivity index (χ3v) is 2.58. The minimum Gasteiger partial charge on any atom is -0.382 e. The van der Waals surface area contributed by atoms with Crippen molar-refractivity contribution in [3.8, 4) is 0 Å². The topological polar surface area (TPSA) is 65.7 Å². The largest absolute Gasteiger partial charge is 0.416 e. The monoisotopic (exact) mass is 421 g/mol.